The number of carbonyl (C=O) groups is 1. The molecule has 0 radical (unpaired) electrons. The molecule has 2 unspecified atom stereocenters. The lowest BCUT2D eigenvalue weighted by Gasteiger charge is -2.16. The molecule has 0 aromatic heterocycles. The third kappa shape index (κ3) is 3.72. The van der Waals surface area contributed by atoms with Gasteiger partial charge in [-0.3, -0.25) is 4.79 Å². The average Bonchev–Trinajstić information content (AvgIpc) is 2.27. The van der Waals surface area contributed by atoms with E-state index < -0.39 is 0 Å². The first kappa shape index (κ1) is 13.4. The summed E-state index contributed by atoms with van der Waals surface area (Å²) in [6, 6.07) is 7.45. The van der Waals surface area contributed by atoms with Gasteiger partial charge in [-0.1, -0.05) is 48.3 Å². The third-order valence-corrected chi connectivity index (χ3v) is 3.39. The largest absolute Gasteiger partial charge is 0.321 e. The highest BCUT2D eigenvalue weighted by Crippen LogP contribution is 2.14. The Kier molecular flexibility index (Phi) is 5.16. The van der Waals surface area contributed by atoms with E-state index in [-0.39, 0.29) is 17.7 Å². The van der Waals surface area contributed by atoms with Crippen molar-refractivity contribution in [2.75, 3.05) is 0 Å². The van der Waals surface area contributed by atoms with Crippen LogP contribution in [0.5, 0.6) is 0 Å². The molecular formula is C13H18BrNO. The van der Waals surface area contributed by atoms with E-state index in [2.05, 4.69) is 22.9 Å². The van der Waals surface area contributed by atoms with Crippen molar-refractivity contribution >= 4 is 21.7 Å². The maximum atomic E-state index is 11.9. The smallest absolute Gasteiger partial charge is 0.154 e. The maximum Gasteiger partial charge on any atom is 0.154 e. The van der Waals surface area contributed by atoms with Crippen molar-refractivity contribution in [2.45, 2.75) is 32.7 Å². The van der Waals surface area contributed by atoms with Crippen molar-refractivity contribution in [2.24, 2.45) is 11.7 Å². The zero-order valence-electron chi connectivity index (χ0n) is 9.74. The van der Waals surface area contributed by atoms with Crippen LogP contribution in [-0.2, 0) is 11.2 Å². The number of hydrogen-bond donors (Lipinski definition) is 1. The highest BCUT2D eigenvalue weighted by molar-refractivity contribution is 9.10. The molecule has 1 rings (SSSR count). The summed E-state index contributed by atoms with van der Waals surface area (Å²) in [7, 11) is 0. The predicted octanol–water partition coefficient (Wildman–Crippen LogP) is 2.93. The number of ketones is 1. The van der Waals surface area contributed by atoms with Crippen molar-refractivity contribution in [1.82, 2.24) is 0 Å². The van der Waals surface area contributed by atoms with Crippen LogP contribution < -0.4 is 5.73 Å². The minimum absolute atomic E-state index is 0.118. The number of nitrogens with two attached hydrogens (primary N) is 1. The Bertz CT molecular complexity index is 365. The Morgan fingerprint density at radius 2 is 2.19 bits per heavy atom. The summed E-state index contributed by atoms with van der Waals surface area (Å²) in [5, 5.41) is 0. The fourth-order valence-corrected chi connectivity index (χ4v) is 1.98. The standard InChI is InChI=1S/C13H18BrNO/c1-3-9(2)13(15)12(16)8-10-5-4-6-11(14)7-10/h4-7,9,13H,3,8,15H2,1-2H3. The van der Waals surface area contributed by atoms with Crippen molar-refractivity contribution in [3.8, 4) is 0 Å². The number of Topliss-reactive ketones (excluding diaryl/α,β-unsaturated/α-hetero) is 1. The van der Waals surface area contributed by atoms with Crippen LogP contribution in [0.3, 0.4) is 0 Å². The zero-order chi connectivity index (χ0) is 12.1. The molecule has 3 heteroatoms. The summed E-state index contributed by atoms with van der Waals surface area (Å²) in [4.78, 5) is 11.9. The van der Waals surface area contributed by atoms with Gasteiger partial charge in [-0.15, -0.1) is 0 Å². The first-order valence-corrected chi connectivity index (χ1v) is 6.36. The topological polar surface area (TPSA) is 43.1 Å². The van der Waals surface area contributed by atoms with E-state index >= 15 is 0 Å². The van der Waals surface area contributed by atoms with Crippen LogP contribution in [0.2, 0.25) is 0 Å². The van der Waals surface area contributed by atoms with Gasteiger partial charge < -0.3 is 5.73 Å². The fourth-order valence-electron chi connectivity index (χ4n) is 1.54. The molecule has 2 nitrogen and oxygen atoms in total. The molecule has 0 fully saturated rings. The van der Waals surface area contributed by atoms with Gasteiger partial charge in [0.15, 0.2) is 5.78 Å². The molecule has 0 aliphatic carbocycles. The minimum atomic E-state index is -0.344. The number of rotatable bonds is 5. The molecule has 2 N–H and O–H groups in total. The Morgan fingerprint density at radius 1 is 1.50 bits per heavy atom. The normalized spacial score (nSPS) is 14.5. The molecule has 0 bridgehead atoms. The van der Waals surface area contributed by atoms with Gasteiger partial charge >= 0.3 is 0 Å². The second-order valence-corrected chi connectivity index (χ2v) is 5.10. The molecule has 1 aromatic rings. The molecule has 0 aliphatic heterocycles. The van der Waals surface area contributed by atoms with Gasteiger partial charge in [0.1, 0.15) is 0 Å². The maximum absolute atomic E-state index is 11.9. The highest BCUT2D eigenvalue weighted by Gasteiger charge is 2.19. The number of hydrogen-bond acceptors (Lipinski definition) is 2. The summed E-state index contributed by atoms with van der Waals surface area (Å²) < 4.78 is 0.995. The first-order valence-electron chi connectivity index (χ1n) is 5.57. The summed E-state index contributed by atoms with van der Waals surface area (Å²) in [6.07, 6.45) is 1.36. The van der Waals surface area contributed by atoms with Crippen molar-refractivity contribution in [3.63, 3.8) is 0 Å². The molecular weight excluding hydrogens is 266 g/mol. The Balaban J connectivity index is 2.64. The molecule has 0 amide bonds. The van der Waals surface area contributed by atoms with Gasteiger partial charge in [0.05, 0.1) is 6.04 Å². The van der Waals surface area contributed by atoms with E-state index in [0.717, 1.165) is 16.5 Å². The van der Waals surface area contributed by atoms with Gasteiger partial charge in [0.25, 0.3) is 0 Å². The summed E-state index contributed by atoms with van der Waals surface area (Å²) in [5.41, 5.74) is 6.91. The van der Waals surface area contributed by atoms with Crippen molar-refractivity contribution < 1.29 is 4.79 Å². The minimum Gasteiger partial charge on any atom is -0.321 e. The molecule has 2 atom stereocenters. The van der Waals surface area contributed by atoms with Gasteiger partial charge in [-0.05, 0) is 23.6 Å². The SMILES string of the molecule is CCC(C)C(N)C(=O)Cc1cccc(Br)c1. The Hall–Kier alpha value is -0.670. The van der Waals surface area contributed by atoms with Crippen LogP contribution in [0, 0.1) is 5.92 Å². The number of benzene rings is 1. The van der Waals surface area contributed by atoms with E-state index in [1.54, 1.807) is 0 Å². The molecule has 0 aliphatic rings. The monoisotopic (exact) mass is 283 g/mol. The molecule has 0 saturated carbocycles. The predicted molar refractivity (Wildman–Crippen MR) is 70.3 cm³/mol. The number of carbonyl (C=O) groups excluding carboxylic acids is 1. The van der Waals surface area contributed by atoms with Gasteiger partial charge in [0, 0.05) is 10.9 Å². The summed E-state index contributed by atoms with van der Waals surface area (Å²) in [5.74, 6) is 0.368. The van der Waals surface area contributed by atoms with Crippen LogP contribution in [0.25, 0.3) is 0 Å². The second kappa shape index (κ2) is 6.16. The van der Waals surface area contributed by atoms with E-state index in [1.165, 1.54) is 0 Å². The lowest BCUT2D eigenvalue weighted by molar-refractivity contribution is -0.120. The highest BCUT2D eigenvalue weighted by atomic mass is 79.9. The first-order chi connectivity index (χ1) is 7.54. The van der Waals surface area contributed by atoms with Crippen molar-refractivity contribution in [3.05, 3.63) is 34.3 Å². The van der Waals surface area contributed by atoms with E-state index in [1.807, 2.05) is 31.2 Å². The van der Waals surface area contributed by atoms with Crippen LogP contribution in [0.1, 0.15) is 25.8 Å². The third-order valence-electron chi connectivity index (χ3n) is 2.90. The van der Waals surface area contributed by atoms with Gasteiger partial charge in [0.2, 0.25) is 0 Å². The van der Waals surface area contributed by atoms with Crippen LogP contribution in [0.15, 0.2) is 28.7 Å². The summed E-state index contributed by atoms with van der Waals surface area (Å²) >= 11 is 3.39. The van der Waals surface area contributed by atoms with E-state index in [4.69, 9.17) is 5.73 Å². The lowest BCUT2D eigenvalue weighted by atomic mass is 9.93. The van der Waals surface area contributed by atoms with Crippen molar-refractivity contribution in [1.29, 1.82) is 0 Å². The fraction of sp³-hybridized carbons (Fsp3) is 0.462. The van der Waals surface area contributed by atoms with E-state index in [9.17, 15) is 4.79 Å². The molecule has 0 spiro atoms. The Labute approximate surface area is 105 Å². The second-order valence-electron chi connectivity index (χ2n) is 4.18. The quantitative estimate of drug-likeness (QED) is 0.903. The lowest BCUT2D eigenvalue weighted by Crippen LogP contribution is -2.37. The molecule has 88 valence electrons. The van der Waals surface area contributed by atoms with Crippen LogP contribution >= 0.6 is 15.9 Å². The van der Waals surface area contributed by atoms with Crippen LogP contribution in [-0.4, -0.2) is 11.8 Å². The van der Waals surface area contributed by atoms with E-state index in [0.29, 0.717) is 6.42 Å². The molecule has 1 aromatic carbocycles. The molecule has 16 heavy (non-hydrogen) atoms. The average molecular weight is 284 g/mol. The zero-order valence-corrected chi connectivity index (χ0v) is 11.3. The number of halogens is 1. The Morgan fingerprint density at radius 3 is 2.75 bits per heavy atom. The summed E-state index contributed by atoms with van der Waals surface area (Å²) in [6.45, 7) is 4.07. The van der Waals surface area contributed by atoms with Crippen LogP contribution in [0.4, 0.5) is 0 Å². The van der Waals surface area contributed by atoms with Gasteiger partial charge in [-0.25, -0.2) is 0 Å². The molecule has 0 saturated heterocycles. The molecule has 0 heterocycles. The van der Waals surface area contributed by atoms with Gasteiger partial charge in [-0.2, -0.15) is 0 Å².